The Morgan fingerprint density at radius 3 is 2.50 bits per heavy atom. The van der Waals surface area contributed by atoms with Gasteiger partial charge in [-0.25, -0.2) is 4.74 Å². The summed E-state index contributed by atoms with van der Waals surface area (Å²) in [6.45, 7) is -0.435. The van der Waals surface area contributed by atoms with Crippen LogP contribution in [-0.2, 0) is 4.74 Å². The fourth-order valence-electron chi connectivity index (χ4n) is 1.91. The highest BCUT2D eigenvalue weighted by atomic mass is 31.1. The molecule has 6 atom stereocenters. The molecule has 2 aliphatic rings. The van der Waals surface area contributed by atoms with E-state index in [1.807, 2.05) is 12.1 Å². The standard InChI is InChI=1S/C9H11N4O4P/c10-1-4-5(2-11)13(18-12-4)9-8(16)7(15)6(3-14)17-9/h4-9,14-16H,3H2/t4?,5?,6-,7-,8-,9-/m1/s1. The van der Waals surface area contributed by atoms with Crippen LogP contribution in [-0.4, -0.2) is 63.2 Å². The summed E-state index contributed by atoms with van der Waals surface area (Å²) < 4.78 is 10.6. The van der Waals surface area contributed by atoms with Gasteiger partial charge >= 0.3 is 0 Å². The zero-order valence-corrected chi connectivity index (χ0v) is 10.1. The van der Waals surface area contributed by atoms with E-state index in [1.54, 1.807) is 0 Å². The molecule has 2 aliphatic heterocycles. The highest BCUT2D eigenvalue weighted by Crippen LogP contribution is 2.36. The normalized spacial score (nSPS) is 44.7. The van der Waals surface area contributed by atoms with Crippen LogP contribution in [0.15, 0.2) is 4.74 Å². The monoisotopic (exact) mass is 270 g/mol. The van der Waals surface area contributed by atoms with E-state index in [1.165, 1.54) is 4.67 Å². The lowest BCUT2D eigenvalue weighted by Crippen LogP contribution is -2.45. The first-order valence-corrected chi connectivity index (χ1v) is 6.04. The van der Waals surface area contributed by atoms with E-state index in [9.17, 15) is 10.2 Å². The summed E-state index contributed by atoms with van der Waals surface area (Å²) in [5.41, 5.74) is 0. The van der Waals surface area contributed by atoms with Crippen LogP contribution in [0.3, 0.4) is 0 Å². The Hall–Kier alpha value is -1.12. The molecule has 1 saturated heterocycles. The molecule has 0 saturated carbocycles. The Bertz CT molecular complexity index is 433. The molecule has 0 aromatic carbocycles. The van der Waals surface area contributed by atoms with Crippen molar-refractivity contribution in [2.75, 3.05) is 6.61 Å². The van der Waals surface area contributed by atoms with Gasteiger partial charge in [-0.05, 0) is 0 Å². The topological polar surface area (TPSA) is 133 Å². The quantitative estimate of drug-likeness (QED) is 0.524. The second kappa shape index (κ2) is 5.25. The van der Waals surface area contributed by atoms with Gasteiger partial charge in [-0.1, -0.05) is 0 Å². The Morgan fingerprint density at radius 1 is 1.28 bits per heavy atom. The molecule has 2 heterocycles. The highest BCUT2D eigenvalue weighted by Gasteiger charge is 2.49. The molecule has 3 N–H and O–H groups in total. The largest absolute Gasteiger partial charge is 0.394 e. The van der Waals surface area contributed by atoms with Crippen LogP contribution >= 0.6 is 8.52 Å². The lowest BCUT2D eigenvalue weighted by atomic mass is 10.1. The number of aliphatic hydroxyl groups is 3. The van der Waals surface area contributed by atoms with Gasteiger partial charge in [-0.15, -0.1) is 0 Å². The SMILES string of the molecule is N#CC1N=PN([C@@H]2O[C@H](CO)[C@@H](O)[C@H]2O)C1C#N. The van der Waals surface area contributed by atoms with Crippen molar-refractivity contribution in [1.82, 2.24) is 4.67 Å². The minimum Gasteiger partial charge on any atom is -0.394 e. The molecule has 2 rings (SSSR count). The summed E-state index contributed by atoms with van der Waals surface area (Å²) in [6.07, 6.45) is -4.33. The van der Waals surface area contributed by atoms with Gasteiger partial charge in [-0.2, -0.15) is 15.2 Å². The van der Waals surface area contributed by atoms with Crippen molar-refractivity contribution in [1.29, 1.82) is 10.5 Å². The number of nitrogens with zero attached hydrogens (tertiary/aromatic N) is 4. The second-order valence-corrected chi connectivity index (χ2v) is 4.83. The average Bonchev–Trinajstić information content (AvgIpc) is 2.92. The van der Waals surface area contributed by atoms with Crippen LogP contribution in [0.4, 0.5) is 0 Å². The molecular formula is C9H11N4O4P. The summed E-state index contributed by atoms with van der Waals surface area (Å²) >= 11 is 0. The Labute approximate surface area is 105 Å². The van der Waals surface area contributed by atoms with Crippen LogP contribution < -0.4 is 0 Å². The van der Waals surface area contributed by atoms with Crippen LogP contribution in [0, 0.1) is 22.7 Å². The van der Waals surface area contributed by atoms with Gasteiger partial charge < -0.3 is 20.1 Å². The molecule has 0 aromatic rings. The maximum Gasteiger partial charge on any atom is 0.171 e. The van der Waals surface area contributed by atoms with E-state index in [2.05, 4.69) is 4.74 Å². The first-order chi connectivity index (χ1) is 8.63. The van der Waals surface area contributed by atoms with Crippen molar-refractivity contribution in [3.63, 3.8) is 0 Å². The minimum atomic E-state index is -1.25. The van der Waals surface area contributed by atoms with Crippen LogP contribution in [0.1, 0.15) is 0 Å². The zero-order chi connectivity index (χ0) is 13.3. The number of rotatable bonds is 2. The van der Waals surface area contributed by atoms with Gasteiger partial charge in [0.25, 0.3) is 0 Å². The fourth-order valence-corrected chi connectivity index (χ4v) is 2.90. The summed E-state index contributed by atoms with van der Waals surface area (Å²) in [5, 5.41) is 46.3. The number of aliphatic hydroxyl groups excluding tert-OH is 3. The lowest BCUT2D eigenvalue weighted by molar-refractivity contribution is -0.0680. The van der Waals surface area contributed by atoms with Crippen molar-refractivity contribution >= 4 is 8.52 Å². The van der Waals surface area contributed by atoms with Crippen LogP contribution in [0.25, 0.3) is 0 Å². The molecule has 18 heavy (non-hydrogen) atoms. The van der Waals surface area contributed by atoms with E-state index in [0.29, 0.717) is 8.52 Å². The van der Waals surface area contributed by atoms with Crippen molar-refractivity contribution in [3.05, 3.63) is 0 Å². The molecule has 9 heteroatoms. The van der Waals surface area contributed by atoms with E-state index >= 15 is 0 Å². The molecule has 96 valence electrons. The average molecular weight is 270 g/mol. The number of hydrogen-bond acceptors (Lipinski definition) is 8. The molecule has 0 radical (unpaired) electrons. The molecule has 0 amide bonds. The molecule has 2 unspecified atom stereocenters. The summed E-state index contributed by atoms with van der Waals surface area (Å²) in [4.78, 5) is 0. The third-order valence-electron chi connectivity index (χ3n) is 2.91. The van der Waals surface area contributed by atoms with Gasteiger partial charge in [0.1, 0.15) is 30.6 Å². The van der Waals surface area contributed by atoms with Crippen molar-refractivity contribution < 1.29 is 20.1 Å². The third kappa shape index (κ3) is 2.00. The van der Waals surface area contributed by atoms with Crippen LogP contribution in [0.2, 0.25) is 0 Å². The Morgan fingerprint density at radius 2 is 2.00 bits per heavy atom. The minimum absolute atomic E-state index is 0.335. The predicted molar refractivity (Wildman–Crippen MR) is 57.7 cm³/mol. The van der Waals surface area contributed by atoms with Gasteiger partial charge in [-0.3, -0.25) is 0 Å². The van der Waals surface area contributed by atoms with E-state index < -0.39 is 43.2 Å². The molecule has 0 aromatic heterocycles. The molecule has 8 nitrogen and oxygen atoms in total. The van der Waals surface area contributed by atoms with Crippen LogP contribution in [0.5, 0.6) is 0 Å². The summed E-state index contributed by atoms with van der Waals surface area (Å²) in [5.74, 6) is 0. The number of hydrogen-bond donors (Lipinski definition) is 3. The van der Waals surface area contributed by atoms with Crippen molar-refractivity contribution in [3.8, 4) is 12.1 Å². The second-order valence-electron chi connectivity index (χ2n) is 3.96. The Balaban J connectivity index is 2.17. The summed E-state index contributed by atoms with van der Waals surface area (Å²) in [7, 11) is 0.335. The third-order valence-corrected chi connectivity index (χ3v) is 3.94. The van der Waals surface area contributed by atoms with Gasteiger partial charge in [0.15, 0.2) is 6.04 Å². The fraction of sp³-hybridized carbons (Fsp3) is 0.778. The van der Waals surface area contributed by atoms with Gasteiger partial charge in [0.05, 0.1) is 27.3 Å². The zero-order valence-electron chi connectivity index (χ0n) is 9.16. The highest BCUT2D eigenvalue weighted by molar-refractivity contribution is 7.24. The number of nitriles is 2. The van der Waals surface area contributed by atoms with E-state index in [-0.39, 0.29) is 0 Å². The van der Waals surface area contributed by atoms with Crippen molar-refractivity contribution in [2.24, 2.45) is 4.74 Å². The number of ether oxygens (including phenoxy) is 1. The first-order valence-electron chi connectivity index (χ1n) is 5.24. The lowest BCUT2D eigenvalue weighted by Gasteiger charge is -2.25. The maximum atomic E-state index is 9.83. The van der Waals surface area contributed by atoms with E-state index in [4.69, 9.17) is 20.4 Å². The Kier molecular flexibility index (Phi) is 3.88. The first kappa shape index (κ1) is 13.3. The van der Waals surface area contributed by atoms with E-state index in [0.717, 1.165) is 0 Å². The molecule has 1 fully saturated rings. The smallest absolute Gasteiger partial charge is 0.171 e. The molecule has 0 bridgehead atoms. The van der Waals surface area contributed by atoms with Crippen molar-refractivity contribution in [2.45, 2.75) is 36.6 Å². The van der Waals surface area contributed by atoms with Gasteiger partial charge in [0, 0.05) is 0 Å². The van der Waals surface area contributed by atoms with Gasteiger partial charge in [0.2, 0.25) is 0 Å². The summed E-state index contributed by atoms with van der Waals surface area (Å²) in [6, 6.07) is 2.17. The maximum absolute atomic E-state index is 9.83. The molecule has 0 spiro atoms. The predicted octanol–water partition coefficient (Wildman–Crippen LogP) is -1.43. The molecular weight excluding hydrogens is 259 g/mol. The molecule has 0 aliphatic carbocycles.